The number of H-pyrrole nitrogens is 1. The normalized spacial score (nSPS) is 20.6. The third-order valence-electron chi connectivity index (χ3n) is 6.36. The van der Waals surface area contributed by atoms with E-state index >= 15 is 0 Å². The summed E-state index contributed by atoms with van der Waals surface area (Å²) in [4.78, 5) is 16.8. The summed E-state index contributed by atoms with van der Waals surface area (Å²) < 4.78 is 0. The second-order valence-electron chi connectivity index (χ2n) is 9.31. The Morgan fingerprint density at radius 1 is 1.00 bits per heavy atom. The van der Waals surface area contributed by atoms with Crippen LogP contribution in [-0.4, -0.2) is 10.8 Å². The van der Waals surface area contributed by atoms with Gasteiger partial charge in [-0.1, -0.05) is 32.0 Å². The van der Waals surface area contributed by atoms with Crippen LogP contribution in [0.1, 0.15) is 49.4 Å². The zero-order chi connectivity index (χ0) is 20.3. The molecule has 0 radical (unpaired) electrons. The molecule has 4 nitrogen and oxygen atoms in total. The van der Waals surface area contributed by atoms with Crippen LogP contribution in [0.3, 0.4) is 0 Å². The smallest absolute Gasteiger partial charge is 0.163 e. The van der Waals surface area contributed by atoms with E-state index in [2.05, 4.69) is 73.6 Å². The van der Waals surface area contributed by atoms with Crippen LogP contribution in [0, 0.1) is 19.3 Å². The van der Waals surface area contributed by atoms with Crippen LogP contribution in [0.2, 0.25) is 0 Å². The number of nitrogens with one attached hydrogen (secondary N) is 3. The molecule has 148 valence electrons. The lowest BCUT2D eigenvalue weighted by Crippen LogP contribution is -2.31. The third-order valence-corrected chi connectivity index (χ3v) is 6.36. The number of rotatable bonds is 1. The number of aryl methyl sites for hydroxylation is 2. The number of ketones is 1. The summed E-state index contributed by atoms with van der Waals surface area (Å²) in [5, 5.41) is 8.51. The van der Waals surface area contributed by atoms with Gasteiger partial charge >= 0.3 is 0 Å². The second-order valence-corrected chi connectivity index (χ2v) is 9.31. The van der Waals surface area contributed by atoms with Crippen molar-refractivity contribution < 1.29 is 4.79 Å². The van der Waals surface area contributed by atoms with Gasteiger partial charge in [0.05, 0.1) is 17.4 Å². The molecule has 1 atom stereocenters. The Labute approximate surface area is 171 Å². The van der Waals surface area contributed by atoms with Crippen molar-refractivity contribution in [2.45, 2.75) is 46.6 Å². The van der Waals surface area contributed by atoms with Gasteiger partial charge < -0.3 is 15.6 Å². The van der Waals surface area contributed by atoms with Crippen LogP contribution in [0.15, 0.2) is 53.9 Å². The number of allylic oxidation sites excluding steroid dienone is 1. The number of fused-ring (bicyclic) bond motifs is 2. The first-order chi connectivity index (χ1) is 13.8. The van der Waals surface area contributed by atoms with Gasteiger partial charge in [0.15, 0.2) is 5.78 Å². The molecule has 3 aromatic rings. The van der Waals surface area contributed by atoms with Crippen LogP contribution < -0.4 is 10.6 Å². The van der Waals surface area contributed by atoms with Gasteiger partial charge in [-0.05, 0) is 55.0 Å². The van der Waals surface area contributed by atoms with Gasteiger partial charge in [0.2, 0.25) is 0 Å². The molecule has 0 saturated carbocycles. The van der Waals surface area contributed by atoms with Crippen molar-refractivity contribution in [3.63, 3.8) is 0 Å². The molecule has 29 heavy (non-hydrogen) atoms. The van der Waals surface area contributed by atoms with E-state index in [0.717, 1.165) is 45.5 Å². The minimum atomic E-state index is -0.180. The maximum atomic E-state index is 13.4. The maximum Gasteiger partial charge on any atom is 0.163 e. The van der Waals surface area contributed by atoms with Gasteiger partial charge in [-0.2, -0.15) is 0 Å². The summed E-state index contributed by atoms with van der Waals surface area (Å²) in [6, 6.07) is 12.5. The summed E-state index contributed by atoms with van der Waals surface area (Å²) in [5.41, 5.74) is 8.67. The monoisotopic (exact) mass is 385 g/mol. The Kier molecular flexibility index (Phi) is 3.89. The van der Waals surface area contributed by atoms with Crippen LogP contribution in [0.25, 0.3) is 10.9 Å². The highest BCUT2D eigenvalue weighted by atomic mass is 16.1. The lowest BCUT2D eigenvalue weighted by molar-refractivity contribution is -0.118. The van der Waals surface area contributed by atoms with Gasteiger partial charge in [-0.15, -0.1) is 0 Å². The Morgan fingerprint density at radius 2 is 1.72 bits per heavy atom. The highest BCUT2D eigenvalue weighted by molar-refractivity contribution is 6.02. The number of carbonyl (C=O) groups is 1. The lowest BCUT2D eigenvalue weighted by Gasteiger charge is -2.34. The number of benzene rings is 2. The lowest BCUT2D eigenvalue weighted by atomic mass is 9.73. The van der Waals surface area contributed by atoms with Gasteiger partial charge in [0.1, 0.15) is 0 Å². The highest BCUT2D eigenvalue weighted by Gasteiger charge is 2.39. The van der Waals surface area contributed by atoms with E-state index in [9.17, 15) is 4.79 Å². The molecule has 2 aromatic carbocycles. The van der Waals surface area contributed by atoms with E-state index in [1.807, 2.05) is 12.3 Å². The van der Waals surface area contributed by atoms with E-state index < -0.39 is 0 Å². The number of Topliss-reactive ketones (excluding diaryl/α,β-unsaturated/α-hetero) is 1. The van der Waals surface area contributed by atoms with Crippen molar-refractivity contribution in [3.8, 4) is 0 Å². The largest absolute Gasteiger partial charge is 0.372 e. The molecule has 0 spiro atoms. The molecule has 0 amide bonds. The number of hydrogen-bond acceptors (Lipinski definition) is 3. The number of anilines is 2. The number of para-hydroxylation sites is 1. The van der Waals surface area contributed by atoms with Gasteiger partial charge in [0, 0.05) is 40.4 Å². The summed E-state index contributed by atoms with van der Waals surface area (Å²) in [6.07, 6.45) is 3.48. The second kappa shape index (κ2) is 6.24. The van der Waals surface area contributed by atoms with Gasteiger partial charge in [-0.3, -0.25) is 4.79 Å². The zero-order valence-electron chi connectivity index (χ0n) is 17.4. The van der Waals surface area contributed by atoms with Crippen LogP contribution in [0.5, 0.6) is 0 Å². The minimum Gasteiger partial charge on any atom is -0.372 e. The number of aromatic nitrogens is 1. The molecular weight excluding hydrogens is 358 g/mol. The van der Waals surface area contributed by atoms with Crippen molar-refractivity contribution >= 4 is 28.1 Å². The van der Waals surface area contributed by atoms with Crippen molar-refractivity contribution in [3.05, 3.63) is 70.6 Å². The minimum absolute atomic E-state index is 0.0437. The standard InChI is InChI=1S/C25H27N3O/c1-14-9-19-20(10-15(14)2)28-24(17-13-26-18-8-6-5-7-16(17)18)23-21(27-19)11-25(3,4)12-22(23)29/h5-10,13,24,26-28H,11-12H2,1-4H3. The first kappa shape index (κ1) is 18.0. The predicted octanol–water partition coefficient (Wildman–Crippen LogP) is 6.01. The first-order valence-corrected chi connectivity index (χ1v) is 10.3. The fourth-order valence-corrected chi connectivity index (χ4v) is 4.78. The van der Waals surface area contributed by atoms with E-state index in [0.29, 0.717) is 6.42 Å². The van der Waals surface area contributed by atoms with E-state index in [1.165, 1.54) is 11.1 Å². The predicted molar refractivity (Wildman–Crippen MR) is 119 cm³/mol. The number of hydrogen-bond donors (Lipinski definition) is 3. The average Bonchev–Trinajstić information content (AvgIpc) is 3.00. The Balaban J connectivity index is 1.74. The molecule has 0 saturated heterocycles. The molecule has 1 aliphatic heterocycles. The Bertz CT molecular complexity index is 1180. The molecule has 4 heteroatoms. The molecule has 2 heterocycles. The zero-order valence-corrected chi connectivity index (χ0v) is 17.4. The summed E-state index contributed by atoms with van der Waals surface area (Å²) in [5.74, 6) is 0.229. The SMILES string of the molecule is Cc1cc2c(cc1C)NC(c1c[nH]c3ccccc13)C1=C(CC(C)(C)CC1=O)N2. The molecule has 5 rings (SSSR count). The number of carbonyl (C=O) groups excluding carboxylic acids is 1. The summed E-state index contributed by atoms with van der Waals surface area (Å²) in [7, 11) is 0. The number of aromatic amines is 1. The molecule has 1 unspecified atom stereocenters. The third kappa shape index (κ3) is 2.94. The molecule has 2 aliphatic rings. The molecule has 0 fully saturated rings. The van der Waals surface area contributed by atoms with Crippen molar-refractivity contribution in [2.24, 2.45) is 5.41 Å². The van der Waals surface area contributed by atoms with Crippen molar-refractivity contribution in [2.75, 3.05) is 10.6 Å². The molecule has 1 aromatic heterocycles. The van der Waals surface area contributed by atoms with Crippen LogP contribution in [-0.2, 0) is 4.79 Å². The van der Waals surface area contributed by atoms with Crippen LogP contribution >= 0.6 is 0 Å². The van der Waals surface area contributed by atoms with Gasteiger partial charge in [0.25, 0.3) is 0 Å². The molecular formula is C25H27N3O. The van der Waals surface area contributed by atoms with Crippen molar-refractivity contribution in [1.29, 1.82) is 0 Å². The van der Waals surface area contributed by atoms with Gasteiger partial charge in [-0.25, -0.2) is 0 Å². The van der Waals surface area contributed by atoms with Crippen LogP contribution in [0.4, 0.5) is 11.4 Å². The summed E-state index contributed by atoms with van der Waals surface area (Å²) in [6.45, 7) is 8.61. The molecule has 1 aliphatic carbocycles. The average molecular weight is 386 g/mol. The fraction of sp³-hybridized carbons (Fsp3) is 0.320. The summed E-state index contributed by atoms with van der Waals surface area (Å²) >= 11 is 0. The fourth-order valence-electron chi connectivity index (χ4n) is 4.78. The van der Waals surface area contributed by atoms with E-state index in [4.69, 9.17) is 0 Å². The van der Waals surface area contributed by atoms with E-state index in [-0.39, 0.29) is 17.2 Å². The first-order valence-electron chi connectivity index (χ1n) is 10.3. The Hall–Kier alpha value is -3.01. The quantitative estimate of drug-likeness (QED) is 0.481. The van der Waals surface area contributed by atoms with E-state index in [1.54, 1.807) is 0 Å². The Morgan fingerprint density at radius 3 is 2.52 bits per heavy atom. The highest BCUT2D eigenvalue weighted by Crippen LogP contribution is 2.46. The maximum absolute atomic E-state index is 13.4. The topological polar surface area (TPSA) is 56.9 Å². The van der Waals surface area contributed by atoms with Crippen molar-refractivity contribution in [1.82, 2.24) is 4.98 Å². The molecule has 0 bridgehead atoms. The molecule has 3 N–H and O–H groups in total.